The predicted octanol–water partition coefficient (Wildman–Crippen LogP) is 4.99. The number of carbonyl (C=O) groups is 6. The Kier molecular flexibility index (Phi) is 15.4. The maximum atomic E-state index is 14.1. The van der Waals surface area contributed by atoms with Crippen molar-refractivity contribution < 1.29 is 47.7 Å². The van der Waals surface area contributed by atoms with Gasteiger partial charge in [0.05, 0.1) is 23.9 Å². The van der Waals surface area contributed by atoms with Gasteiger partial charge in [0.25, 0.3) is 11.8 Å². The van der Waals surface area contributed by atoms with E-state index in [9.17, 15) is 28.8 Å². The van der Waals surface area contributed by atoms with Crippen LogP contribution in [0.25, 0.3) is 0 Å². The van der Waals surface area contributed by atoms with Crippen LogP contribution >= 0.6 is 0 Å². The van der Waals surface area contributed by atoms with Crippen LogP contribution in [0, 0.1) is 11.8 Å². The Hall–Kier alpha value is -5.92. The number of amides is 3. The van der Waals surface area contributed by atoms with Crippen LogP contribution in [-0.4, -0.2) is 74.1 Å². The zero-order valence-electron chi connectivity index (χ0n) is 32.4. The lowest BCUT2D eigenvalue weighted by Gasteiger charge is -2.32. The molecule has 6 atom stereocenters. The van der Waals surface area contributed by atoms with Gasteiger partial charge in [-0.05, 0) is 55.9 Å². The van der Waals surface area contributed by atoms with Crippen molar-refractivity contribution in [2.45, 2.75) is 71.4 Å². The van der Waals surface area contributed by atoms with Crippen molar-refractivity contribution >= 4 is 35.4 Å². The number of nitrogens with two attached hydrogens (primary N) is 1. The molecule has 0 saturated carbocycles. The lowest BCUT2D eigenvalue weighted by Crippen LogP contribution is -2.40. The fourth-order valence-corrected chi connectivity index (χ4v) is 6.62. The van der Waals surface area contributed by atoms with Gasteiger partial charge >= 0.3 is 12.1 Å². The third kappa shape index (κ3) is 11.5. The highest BCUT2D eigenvalue weighted by molar-refractivity contribution is 6.24. The molecule has 13 nitrogen and oxygen atoms in total. The summed E-state index contributed by atoms with van der Waals surface area (Å²) in [7, 11) is 2.89. The van der Waals surface area contributed by atoms with Gasteiger partial charge in [-0.2, -0.15) is 0 Å². The smallest absolute Gasteiger partial charge is 0.405 e. The highest BCUT2D eigenvalue weighted by Gasteiger charge is 2.36. The topological polar surface area (TPSA) is 189 Å². The van der Waals surface area contributed by atoms with Gasteiger partial charge in [0.1, 0.15) is 12.2 Å². The second-order valence-electron chi connectivity index (χ2n) is 13.9. The minimum Gasteiger partial charge on any atom is -0.459 e. The number of primary amides is 1. The molecule has 56 heavy (non-hydrogen) atoms. The SMILES string of the molecule is CO[C@H]1/C=C\C=C(/C)C(=O)NC2=CC(=O)C(NC(=O)c3ccccc3)=C(C[C@@H](C)C[C@H](OC)[C@H](OC(=O)Cc3ccccc3)[C@@H](C)/C=C(\C)[C@@H]1OC(N)=O)C2=O. The number of rotatable bonds is 8. The molecule has 3 amide bonds. The normalized spacial score (nSPS) is 26.4. The highest BCUT2D eigenvalue weighted by atomic mass is 16.6. The molecule has 1 heterocycles. The van der Waals surface area contributed by atoms with Gasteiger partial charge in [-0.25, -0.2) is 4.79 Å². The highest BCUT2D eigenvalue weighted by Crippen LogP contribution is 2.30. The molecule has 4 N–H and O–H groups in total. The summed E-state index contributed by atoms with van der Waals surface area (Å²) in [6.45, 7) is 6.89. The van der Waals surface area contributed by atoms with E-state index in [2.05, 4.69) is 10.6 Å². The van der Waals surface area contributed by atoms with Gasteiger partial charge in [0.15, 0.2) is 6.10 Å². The quantitative estimate of drug-likeness (QED) is 0.188. The minimum absolute atomic E-state index is 0.00494. The van der Waals surface area contributed by atoms with E-state index in [1.807, 2.05) is 44.2 Å². The van der Waals surface area contributed by atoms with Crippen molar-refractivity contribution in [1.29, 1.82) is 0 Å². The number of hydrogen-bond acceptors (Lipinski definition) is 10. The van der Waals surface area contributed by atoms with E-state index in [0.29, 0.717) is 5.57 Å². The summed E-state index contributed by atoms with van der Waals surface area (Å²) in [5.41, 5.74) is 6.74. The number of allylic oxidation sites excluding steroid dienone is 4. The summed E-state index contributed by atoms with van der Waals surface area (Å²) in [4.78, 5) is 79.9. The van der Waals surface area contributed by atoms with Gasteiger partial charge in [-0.3, -0.25) is 24.0 Å². The van der Waals surface area contributed by atoms with Crippen molar-refractivity contribution in [2.75, 3.05) is 14.2 Å². The van der Waals surface area contributed by atoms with Crippen molar-refractivity contribution in [3.8, 4) is 0 Å². The van der Waals surface area contributed by atoms with Gasteiger partial charge in [0.2, 0.25) is 11.6 Å². The standard InChI is InChI=1S/C43H49N3O10/c1-25-20-31-37(46-42(51)30-17-11-8-12-18-30)33(47)24-32(38(31)49)45-41(50)26(2)14-13-19-34(53-5)39(56-43(44)52)27(3)22-28(4)40(35(21-25)54-6)55-36(48)23-29-15-9-7-10-16-29/h7-19,22,24-25,28,34-35,39-40H,20-21,23H2,1-6H3,(H2,44,52)(H,45,50)(H,46,51)/b19-13-,26-14+,27-22+/t25-,28+,34+,35+,39+,40-/m1/s1. The molecule has 0 saturated heterocycles. The largest absolute Gasteiger partial charge is 0.459 e. The Balaban J connectivity index is 1.81. The molecule has 0 aromatic heterocycles. The first-order valence-electron chi connectivity index (χ1n) is 18.2. The van der Waals surface area contributed by atoms with Gasteiger partial charge in [0, 0.05) is 42.9 Å². The average Bonchev–Trinajstić information content (AvgIpc) is 3.17. The molecule has 1 aliphatic carbocycles. The van der Waals surface area contributed by atoms with Crippen molar-refractivity contribution in [1.82, 2.24) is 10.6 Å². The summed E-state index contributed by atoms with van der Waals surface area (Å²) >= 11 is 0. The van der Waals surface area contributed by atoms with Gasteiger partial charge < -0.3 is 35.3 Å². The van der Waals surface area contributed by atoms with E-state index in [1.54, 1.807) is 49.4 Å². The number of nitrogens with one attached hydrogen (secondary N) is 2. The number of hydrogen-bond donors (Lipinski definition) is 3. The van der Waals surface area contributed by atoms with Gasteiger partial charge in [-0.15, -0.1) is 0 Å². The molecule has 0 unspecified atom stereocenters. The molecular formula is C43H49N3O10. The fourth-order valence-electron chi connectivity index (χ4n) is 6.62. The molecular weight excluding hydrogens is 718 g/mol. The number of Topliss-reactive ketones (excluding diaryl/α,β-unsaturated/α-hetero) is 1. The molecule has 4 rings (SSSR count). The van der Waals surface area contributed by atoms with Crippen molar-refractivity contribution in [3.63, 3.8) is 0 Å². The zero-order chi connectivity index (χ0) is 40.9. The van der Waals surface area contributed by atoms with Crippen molar-refractivity contribution in [3.05, 3.63) is 130 Å². The van der Waals surface area contributed by atoms with Crippen LogP contribution in [0.1, 0.15) is 56.5 Å². The van der Waals surface area contributed by atoms with Crippen LogP contribution in [0.3, 0.4) is 0 Å². The number of fused-ring (bicyclic) bond motifs is 2. The van der Waals surface area contributed by atoms with E-state index in [0.717, 1.165) is 11.6 Å². The number of esters is 1. The predicted molar refractivity (Wildman–Crippen MR) is 207 cm³/mol. The second kappa shape index (κ2) is 20.1. The molecule has 296 valence electrons. The van der Waals surface area contributed by atoms with Crippen LogP contribution in [0.4, 0.5) is 4.79 Å². The Morgan fingerprint density at radius 3 is 2.20 bits per heavy atom. The van der Waals surface area contributed by atoms with Gasteiger partial charge in [-0.1, -0.05) is 86.7 Å². The number of methoxy groups -OCH3 is 2. The lowest BCUT2D eigenvalue weighted by molar-refractivity contribution is -0.159. The summed E-state index contributed by atoms with van der Waals surface area (Å²) in [5, 5.41) is 5.18. The fraction of sp³-hybridized carbons (Fsp3) is 0.349. The maximum Gasteiger partial charge on any atom is 0.405 e. The molecule has 2 bridgehead atoms. The Labute approximate surface area is 326 Å². The van der Waals surface area contributed by atoms with Crippen LogP contribution in [0.2, 0.25) is 0 Å². The van der Waals surface area contributed by atoms with Crippen LogP contribution in [-0.2, 0) is 44.5 Å². The van der Waals surface area contributed by atoms with E-state index in [1.165, 1.54) is 33.3 Å². The second-order valence-corrected chi connectivity index (χ2v) is 13.9. The summed E-state index contributed by atoms with van der Waals surface area (Å²) in [6.07, 6.45) is 2.96. The molecule has 13 heteroatoms. The van der Waals surface area contributed by atoms with E-state index >= 15 is 0 Å². The van der Waals surface area contributed by atoms with Crippen LogP contribution < -0.4 is 16.4 Å². The Morgan fingerprint density at radius 1 is 0.911 bits per heavy atom. The molecule has 2 aromatic carbocycles. The summed E-state index contributed by atoms with van der Waals surface area (Å²) in [5.74, 6) is -4.02. The lowest BCUT2D eigenvalue weighted by atomic mass is 9.85. The third-order valence-corrected chi connectivity index (χ3v) is 9.49. The third-order valence-electron chi connectivity index (χ3n) is 9.49. The maximum absolute atomic E-state index is 14.1. The van der Waals surface area contributed by atoms with Crippen molar-refractivity contribution in [2.24, 2.45) is 17.6 Å². The first kappa shape index (κ1) is 42.8. The first-order valence-corrected chi connectivity index (χ1v) is 18.2. The van der Waals surface area contributed by atoms with E-state index in [-0.39, 0.29) is 47.4 Å². The number of carbonyl (C=O) groups excluding carboxylic acids is 6. The monoisotopic (exact) mass is 767 g/mol. The zero-order valence-corrected chi connectivity index (χ0v) is 32.4. The molecule has 0 spiro atoms. The van der Waals surface area contributed by atoms with E-state index in [4.69, 9.17) is 24.7 Å². The molecule has 2 aliphatic rings. The number of benzene rings is 2. The average molecular weight is 768 g/mol. The molecule has 0 radical (unpaired) electrons. The summed E-state index contributed by atoms with van der Waals surface area (Å²) in [6, 6.07) is 17.3. The number of ketones is 2. The first-order chi connectivity index (χ1) is 26.7. The molecule has 2 aromatic rings. The van der Waals surface area contributed by atoms with Crippen LogP contribution in [0.5, 0.6) is 0 Å². The van der Waals surface area contributed by atoms with Crippen LogP contribution in [0.15, 0.2) is 119 Å². The Morgan fingerprint density at radius 2 is 1.57 bits per heavy atom. The molecule has 1 aliphatic heterocycles. The van der Waals surface area contributed by atoms with E-state index < -0.39 is 71.7 Å². The molecule has 0 fully saturated rings. The Bertz CT molecular complexity index is 1950. The summed E-state index contributed by atoms with van der Waals surface area (Å²) < 4.78 is 23.3. The minimum atomic E-state index is -1.04. The number of ether oxygens (including phenoxy) is 4.